The molecule has 1 aromatic carbocycles. The third-order valence-electron chi connectivity index (χ3n) is 5.25. The number of benzene rings is 1. The number of thioether (sulfide) groups is 1. The average molecular weight is 387 g/mol. The van der Waals surface area contributed by atoms with Gasteiger partial charge in [-0.25, -0.2) is 17.5 Å². The van der Waals surface area contributed by atoms with Crippen molar-refractivity contribution in [3.05, 3.63) is 35.6 Å². The Morgan fingerprint density at radius 3 is 2.48 bits per heavy atom. The van der Waals surface area contributed by atoms with Gasteiger partial charge >= 0.3 is 0 Å². The standard InChI is InChI=1S/C18H27FN2O2S2/c19-18-4-2-1-3-16(18)14-25(22,23)20-13-15-5-9-21(10-6-15)17-7-11-24-12-8-17/h1-4,15,17,20H,5-14H2. The smallest absolute Gasteiger partial charge is 0.215 e. The van der Waals surface area contributed by atoms with E-state index in [9.17, 15) is 12.8 Å². The van der Waals surface area contributed by atoms with Crippen LogP contribution in [0.15, 0.2) is 24.3 Å². The molecule has 2 aliphatic rings. The Kier molecular flexibility index (Phi) is 6.77. The number of rotatable bonds is 6. The molecule has 0 unspecified atom stereocenters. The number of halogens is 1. The molecule has 7 heteroatoms. The van der Waals surface area contributed by atoms with Crippen LogP contribution >= 0.6 is 11.8 Å². The van der Waals surface area contributed by atoms with E-state index in [0.717, 1.165) is 32.0 Å². The molecule has 0 aliphatic carbocycles. The Hall–Kier alpha value is -0.630. The van der Waals surface area contributed by atoms with Crippen LogP contribution < -0.4 is 4.72 Å². The zero-order valence-corrected chi connectivity index (χ0v) is 16.1. The number of piperidine rings is 1. The van der Waals surface area contributed by atoms with Gasteiger partial charge < -0.3 is 4.90 Å². The minimum atomic E-state index is -3.50. The van der Waals surface area contributed by atoms with Gasteiger partial charge in [0.1, 0.15) is 5.82 Å². The molecule has 2 heterocycles. The monoisotopic (exact) mass is 386 g/mol. The normalized spacial score (nSPS) is 21.5. The second kappa shape index (κ2) is 8.84. The number of hydrogen-bond donors (Lipinski definition) is 1. The molecule has 0 bridgehead atoms. The van der Waals surface area contributed by atoms with Crippen LogP contribution in [0.3, 0.4) is 0 Å². The molecule has 1 N–H and O–H groups in total. The minimum absolute atomic E-state index is 0.222. The predicted molar refractivity (Wildman–Crippen MR) is 102 cm³/mol. The summed E-state index contributed by atoms with van der Waals surface area (Å²) in [5.74, 6) is 2.15. The summed E-state index contributed by atoms with van der Waals surface area (Å²) >= 11 is 2.05. The van der Waals surface area contributed by atoms with Gasteiger partial charge in [-0.15, -0.1) is 0 Å². The van der Waals surface area contributed by atoms with Crippen molar-refractivity contribution in [2.75, 3.05) is 31.1 Å². The number of nitrogens with zero attached hydrogens (tertiary/aromatic N) is 1. The molecule has 0 spiro atoms. The van der Waals surface area contributed by atoms with Crippen molar-refractivity contribution in [1.82, 2.24) is 9.62 Å². The van der Waals surface area contributed by atoms with E-state index in [2.05, 4.69) is 9.62 Å². The second-order valence-electron chi connectivity index (χ2n) is 7.02. The van der Waals surface area contributed by atoms with Gasteiger partial charge in [-0.3, -0.25) is 0 Å². The summed E-state index contributed by atoms with van der Waals surface area (Å²) < 4.78 is 40.7. The van der Waals surface area contributed by atoms with Gasteiger partial charge in [-0.05, 0) is 62.3 Å². The first-order valence-electron chi connectivity index (χ1n) is 9.06. The SMILES string of the molecule is O=S(=O)(Cc1ccccc1F)NCC1CCN(C2CCSCC2)CC1. The number of nitrogens with one attached hydrogen (secondary N) is 1. The molecule has 0 saturated carbocycles. The topological polar surface area (TPSA) is 49.4 Å². The van der Waals surface area contributed by atoms with Crippen molar-refractivity contribution in [1.29, 1.82) is 0 Å². The summed E-state index contributed by atoms with van der Waals surface area (Å²) in [6.07, 6.45) is 4.63. The van der Waals surface area contributed by atoms with E-state index in [4.69, 9.17) is 0 Å². The Bertz CT molecular complexity index is 655. The summed E-state index contributed by atoms with van der Waals surface area (Å²) in [6.45, 7) is 2.59. The van der Waals surface area contributed by atoms with E-state index in [-0.39, 0.29) is 11.3 Å². The highest BCUT2D eigenvalue weighted by Gasteiger charge is 2.27. The summed E-state index contributed by atoms with van der Waals surface area (Å²) in [6, 6.07) is 6.77. The first kappa shape index (κ1) is 19.1. The lowest BCUT2D eigenvalue weighted by molar-refractivity contribution is 0.127. The average Bonchev–Trinajstić information content (AvgIpc) is 2.63. The molecular weight excluding hydrogens is 359 g/mol. The molecule has 140 valence electrons. The molecule has 0 radical (unpaired) electrons. The van der Waals surface area contributed by atoms with Gasteiger partial charge in [0.05, 0.1) is 5.75 Å². The fraction of sp³-hybridized carbons (Fsp3) is 0.667. The van der Waals surface area contributed by atoms with Crippen molar-refractivity contribution in [2.45, 2.75) is 37.5 Å². The van der Waals surface area contributed by atoms with Crippen LogP contribution in [0.5, 0.6) is 0 Å². The van der Waals surface area contributed by atoms with Crippen molar-refractivity contribution < 1.29 is 12.8 Å². The Balaban J connectivity index is 1.43. The predicted octanol–water partition coefficient (Wildman–Crippen LogP) is 2.85. The maximum Gasteiger partial charge on any atom is 0.215 e. The zero-order valence-electron chi connectivity index (χ0n) is 14.5. The van der Waals surface area contributed by atoms with Gasteiger partial charge in [0.2, 0.25) is 10.0 Å². The summed E-state index contributed by atoms with van der Waals surface area (Å²) in [7, 11) is -3.50. The molecule has 2 fully saturated rings. The van der Waals surface area contributed by atoms with Gasteiger partial charge in [0.15, 0.2) is 0 Å². The van der Waals surface area contributed by atoms with Crippen LogP contribution in [0.1, 0.15) is 31.2 Å². The van der Waals surface area contributed by atoms with Gasteiger partial charge in [0.25, 0.3) is 0 Å². The summed E-state index contributed by atoms with van der Waals surface area (Å²) in [4.78, 5) is 2.59. The fourth-order valence-electron chi connectivity index (χ4n) is 3.69. The third kappa shape index (κ3) is 5.67. The second-order valence-corrected chi connectivity index (χ2v) is 10.1. The zero-order chi connectivity index (χ0) is 17.7. The number of likely N-dealkylation sites (tertiary alicyclic amines) is 1. The quantitative estimate of drug-likeness (QED) is 0.817. The molecular formula is C18H27FN2O2S2. The summed E-state index contributed by atoms with van der Waals surface area (Å²) in [5, 5.41) is 0. The number of sulfonamides is 1. The molecule has 0 aromatic heterocycles. The lowest BCUT2D eigenvalue weighted by Gasteiger charge is -2.39. The Morgan fingerprint density at radius 1 is 1.12 bits per heavy atom. The Morgan fingerprint density at radius 2 is 1.80 bits per heavy atom. The first-order valence-corrected chi connectivity index (χ1v) is 11.9. The molecule has 25 heavy (non-hydrogen) atoms. The van der Waals surface area contributed by atoms with Crippen LogP contribution in [0, 0.1) is 11.7 Å². The maximum atomic E-state index is 13.6. The van der Waals surface area contributed by atoms with E-state index < -0.39 is 15.8 Å². The van der Waals surface area contributed by atoms with Gasteiger partial charge in [0, 0.05) is 18.2 Å². The highest BCUT2D eigenvalue weighted by atomic mass is 32.2. The van der Waals surface area contributed by atoms with Crippen LogP contribution in [0.25, 0.3) is 0 Å². The highest BCUT2D eigenvalue weighted by Crippen LogP contribution is 2.26. The summed E-state index contributed by atoms with van der Waals surface area (Å²) in [5.41, 5.74) is 0.222. The Labute approximate surface area is 154 Å². The first-order chi connectivity index (χ1) is 12.0. The number of hydrogen-bond acceptors (Lipinski definition) is 4. The molecule has 4 nitrogen and oxygen atoms in total. The van der Waals surface area contributed by atoms with E-state index in [1.165, 1.54) is 36.5 Å². The van der Waals surface area contributed by atoms with Gasteiger partial charge in [-0.2, -0.15) is 11.8 Å². The maximum absolute atomic E-state index is 13.6. The fourth-order valence-corrected chi connectivity index (χ4v) is 6.01. The molecule has 2 aliphatic heterocycles. The lowest BCUT2D eigenvalue weighted by atomic mass is 9.95. The van der Waals surface area contributed by atoms with E-state index >= 15 is 0 Å². The van der Waals surface area contributed by atoms with Crippen molar-refractivity contribution >= 4 is 21.8 Å². The van der Waals surface area contributed by atoms with Crippen LogP contribution in [-0.4, -0.2) is 50.5 Å². The minimum Gasteiger partial charge on any atom is -0.300 e. The molecule has 3 rings (SSSR count). The highest BCUT2D eigenvalue weighted by molar-refractivity contribution is 7.99. The van der Waals surface area contributed by atoms with Crippen LogP contribution in [0.4, 0.5) is 4.39 Å². The van der Waals surface area contributed by atoms with Crippen molar-refractivity contribution in [3.8, 4) is 0 Å². The van der Waals surface area contributed by atoms with E-state index in [1.807, 2.05) is 11.8 Å². The van der Waals surface area contributed by atoms with Crippen LogP contribution in [0.2, 0.25) is 0 Å². The molecule has 0 atom stereocenters. The van der Waals surface area contributed by atoms with E-state index in [1.54, 1.807) is 12.1 Å². The molecule has 2 saturated heterocycles. The van der Waals surface area contributed by atoms with Gasteiger partial charge in [-0.1, -0.05) is 18.2 Å². The van der Waals surface area contributed by atoms with E-state index in [0.29, 0.717) is 12.5 Å². The largest absolute Gasteiger partial charge is 0.300 e. The van der Waals surface area contributed by atoms with Crippen LogP contribution in [-0.2, 0) is 15.8 Å². The third-order valence-corrected chi connectivity index (χ3v) is 7.60. The lowest BCUT2D eigenvalue weighted by Crippen LogP contribution is -2.45. The van der Waals surface area contributed by atoms with Crippen molar-refractivity contribution in [3.63, 3.8) is 0 Å². The van der Waals surface area contributed by atoms with Crippen molar-refractivity contribution in [2.24, 2.45) is 5.92 Å². The molecule has 0 amide bonds. The molecule has 1 aromatic rings.